The Labute approximate surface area is 201 Å². The fraction of sp³-hybridized carbons (Fsp3) is 0.360. The van der Waals surface area contributed by atoms with E-state index in [1.807, 2.05) is 10.5 Å². The van der Waals surface area contributed by atoms with Gasteiger partial charge in [0.1, 0.15) is 11.5 Å². The van der Waals surface area contributed by atoms with Crippen molar-refractivity contribution in [3.8, 4) is 11.3 Å². The van der Waals surface area contributed by atoms with Crippen LogP contribution in [0.2, 0.25) is 0 Å². The molecule has 34 heavy (non-hydrogen) atoms. The van der Waals surface area contributed by atoms with E-state index < -0.39 is 5.82 Å². The first-order valence-corrected chi connectivity index (χ1v) is 12.3. The highest BCUT2D eigenvalue weighted by molar-refractivity contribution is 7.23. The normalized spacial score (nSPS) is 11.6. The first kappa shape index (κ1) is 24.0. The molecule has 0 unspecified atom stereocenters. The summed E-state index contributed by atoms with van der Waals surface area (Å²) in [6.45, 7) is 7.35. The second-order valence-electron chi connectivity index (χ2n) is 8.10. The van der Waals surface area contributed by atoms with Gasteiger partial charge >= 0.3 is 0 Å². The Balaban J connectivity index is 1.51. The van der Waals surface area contributed by atoms with Gasteiger partial charge in [0, 0.05) is 30.8 Å². The molecule has 4 rings (SSSR count). The van der Waals surface area contributed by atoms with Gasteiger partial charge in [0.25, 0.3) is 5.91 Å². The topological polar surface area (TPSA) is 79.6 Å². The molecule has 9 heteroatoms. The van der Waals surface area contributed by atoms with E-state index in [1.54, 1.807) is 24.5 Å². The Hall–Kier alpha value is -3.17. The van der Waals surface area contributed by atoms with Gasteiger partial charge in [0.2, 0.25) is 0 Å². The summed E-state index contributed by atoms with van der Waals surface area (Å²) in [6, 6.07) is 6.16. The third-order valence-electron chi connectivity index (χ3n) is 6.02. The molecular formula is C25H28FN5O2S. The smallest absolute Gasteiger partial charge is 0.251 e. The Bertz CT molecular complexity index is 1340. The quantitative estimate of drug-likeness (QED) is 0.260. The van der Waals surface area contributed by atoms with Crippen LogP contribution in [0.25, 0.3) is 26.4 Å². The predicted octanol–water partition coefficient (Wildman–Crippen LogP) is 4.80. The molecule has 3 heterocycles. The lowest BCUT2D eigenvalue weighted by Gasteiger charge is -2.17. The van der Waals surface area contributed by atoms with Crippen LogP contribution in [0, 0.1) is 5.82 Å². The van der Waals surface area contributed by atoms with Gasteiger partial charge in [-0.1, -0.05) is 25.2 Å². The Morgan fingerprint density at radius 3 is 2.68 bits per heavy atom. The number of hydrogen-bond acceptors (Lipinski definition) is 6. The minimum Gasteiger partial charge on any atom is -0.355 e. The summed E-state index contributed by atoms with van der Waals surface area (Å²) in [4.78, 5) is 36.4. The van der Waals surface area contributed by atoms with E-state index in [9.17, 15) is 14.0 Å². The second-order valence-corrected chi connectivity index (χ2v) is 9.11. The molecule has 4 aromatic rings. The molecule has 0 saturated carbocycles. The van der Waals surface area contributed by atoms with Gasteiger partial charge in [-0.15, -0.1) is 0 Å². The van der Waals surface area contributed by atoms with Crippen LogP contribution in [0.4, 0.5) is 4.39 Å². The van der Waals surface area contributed by atoms with E-state index in [4.69, 9.17) is 0 Å². The number of nitrogens with zero attached hydrogens (tertiary/aromatic N) is 4. The molecule has 0 atom stereocenters. The molecule has 0 aliphatic heterocycles. The number of imidazole rings is 1. The van der Waals surface area contributed by atoms with Gasteiger partial charge in [-0.2, -0.15) is 0 Å². The monoisotopic (exact) mass is 481 g/mol. The zero-order valence-corrected chi connectivity index (χ0v) is 20.4. The molecule has 1 aromatic carbocycles. The van der Waals surface area contributed by atoms with Gasteiger partial charge < -0.3 is 10.2 Å². The fourth-order valence-corrected chi connectivity index (χ4v) is 4.99. The number of rotatable bonds is 10. The number of fused-ring (bicyclic) bond motifs is 3. The molecule has 0 bridgehead atoms. The number of ketones is 1. The third kappa shape index (κ3) is 4.85. The minimum atomic E-state index is -0.511. The largest absolute Gasteiger partial charge is 0.355 e. The minimum absolute atomic E-state index is 0.0476. The number of hydrogen-bond donors (Lipinski definition) is 1. The molecule has 178 valence electrons. The second kappa shape index (κ2) is 10.4. The fourth-order valence-electron chi connectivity index (χ4n) is 3.98. The van der Waals surface area contributed by atoms with Crippen LogP contribution in [0.5, 0.6) is 0 Å². The van der Waals surface area contributed by atoms with Crippen molar-refractivity contribution >= 4 is 38.2 Å². The van der Waals surface area contributed by atoms with E-state index in [1.165, 1.54) is 24.5 Å². The number of halogens is 1. The number of carbonyl (C=O) groups excluding carboxylic acids is 2. The molecule has 0 aliphatic carbocycles. The average Bonchev–Trinajstić information content (AvgIpc) is 3.40. The maximum Gasteiger partial charge on any atom is 0.251 e. The van der Waals surface area contributed by atoms with E-state index in [2.05, 4.69) is 34.0 Å². The van der Waals surface area contributed by atoms with Crippen molar-refractivity contribution in [3.63, 3.8) is 0 Å². The Morgan fingerprint density at radius 2 is 1.97 bits per heavy atom. The SMILES string of the molecule is CCN(CC)CCCCC(=O)c1cc2sc3nc(-c4ccc(C(=O)NC)cc4F)cn3c2cn1. The van der Waals surface area contributed by atoms with E-state index in [-0.39, 0.29) is 17.3 Å². The number of benzene rings is 1. The van der Waals surface area contributed by atoms with Crippen LogP contribution in [0.3, 0.4) is 0 Å². The van der Waals surface area contributed by atoms with Gasteiger partial charge in [0.15, 0.2) is 10.7 Å². The molecule has 1 amide bonds. The van der Waals surface area contributed by atoms with Crippen LogP contribution in [0.15, 0.2) is 36.7 Å². The Morgan fingerprint density at radius 1 is 1.18 bits per heavy atom. The van der Waals surface area contributed by atoms with Crippen molar-refractivity contribution in [1.82, 2.24) is 24.6 Å². The first-order chi connectivity index (χ1) is 16.4. The lowest BCUT2D eigenvalue weighted by Crippen LogP contribution is -2.24. The zero-order chi connectivity index (χ0) is 24.2. The molecule has 0 fully saturated rings. The molecule has 0 spiro atoms. The van der Waals surface area contributed by atoms with E-state index in [0.717, 1.165) is 42.7 Å². The Kier molecular flexibility index (Phi) is 7.33. The van der Waals surface area contributed by atoms with Gasteiger partial charge in [0.05, 0.1) is 22.1 Å². The van der Waals surface area contributed by atoms with Crippen LogP contribution < -0.4 is 5.32 Å². The van der Waals surface area contributed by atoms with Crippen LogP contribution >= 0.6 is 11.3 Å². The highest BCUT2D eigenvalue weighted by atomic mass is 32.1. The highest BCUT2D eigenvalue weighted by Crippen LogP contribution is 2.31. The lowest BCUT2D eigenvalue weighted by atomic mass is 10.1. The average molecular weight is 482 g/mol. The predicted molar refractivity (Wildman–Crippen MR) is 133 cm³/mol. The summed E-state index contributed by atoms with van der Waals surface area (Å²) in [5.74, 6) is -0.808. The van der Waals surface area contributed by atoms with Crippen molar-refractivity contribution in [1.29, 1.82) is 0 Å². The van der Waals surface area contributed by atoms with Crippen molar-refractivity contribution in [3.05, 3.63) is 53.7 Å². The van der Waals surface area contributed by atoms with Crippen LogP contribution in [-0.4, -0.2) is 57.6 Å². The molecular weight excluding hydrogens is 453 g/mol. The van der Waals surface area contributed by atoms with Crippen LogP contribution in [0.1, 0.15) is 54.0 Å². The maximum atomic E-state index is 14.7. The summed E-state index contributed by atoms with van der Waals surface area (Å²) in [5.41, 5.74) is 2.34. The van der Waals surface area contributed by atoms with Crippen LogP contribution in [-0.2, 0) is 0 Å². The number of thiazole rings is 1. The summed E-state index contributed by atoms with van der Waals surface area (Å²) in [7, 11) is 1.50. The van der Waals surface area contributed by atoms with Crippen molar-refractivity contribution < 1.29 is 14.0 Å². The van der Waals surface area contributed by atoms with E-state index >= 15 is 0 Å². The number of aromatic nitrogens is 3. The summed E-state index contributed by atoms with van der Waals surface area (Å²) >= 11 is 1.43. The summed E-state index contributed by atoms with van der Waals surface area (Å²) in [6.07, 6.45) is 5.75. The maximum absolute atomic E-state index is 14.7. The highest BCUT2D eigenvalue weighted by Gasteiger charge is 2.17. The molecule has 0 radical (unpaired) electrons. The van der Waals surface area contributed by atoms with E-state index in [0.29, 0.717) is 28.3 Å². The van der Waals surface area contributed by atoms with Crippen molar-refractivity contribution in [2.24, 2.45) is 0 Å². The first-order valence-electron chi connectivity index (χ1n) is 11.5. The number of amides is 1. The van der Waals surface area contributed by atoms with Crippen molar-refractivity contribution in [2.45, 2.75) is 33.1 Å². The number of nitrogens with one attached hydrogen (secondary N) is 1. The summed E-state index contributed by atoms with van der Waals surface area (Å²) in [5, 5.41) is 2.48. The summed E-state index contributed by atoms with van der Waals surface area (Å²) < 4.78 is 17.4. The number of carbonyl (C=O) groups is 2. The molecule has 3 aromatic heterocycles. The number of Topliss-reactive ketones (excluding diaryl/α,β-unsaturated/α-hetero) is 1. The van der Waals surface area contributed by atoms with Gasteiger partial charge in [-0.05, 0) is 56.7 Å². The van der Waals surface area contributed by atoms with Gasteiger partial charge in [-0.25, -0.2) is 9.37 Å². The number of pyridine rings is 1. The standard InChI is InChI=1S/C25H28FN5O2S/c1-4-30(5-2)11-7-6-8-22(32)19-13-23-21(14-28-19)31-15-20(29-25(31)34-23)17-10-9-16(12-18(17)26)24(33)27-3/h9-10,12-15H,4-8,11H2,1-3H3,(H,27,33). The molecule has 7 nitrogen and oxygen atoms in total. The van der Waals surface area contributed by atoms with Crippen molar-refractivity contribution in [2.75, 3.05) is 26.7 Å². The molecule has 1 N–H and O–H groups in total. The third-order valence-corrected chi connectivity index (χ3v) is 7.04. The zero-order valence-electron chi connectivity index (χ0n) is 19.6. The lowest BCUT2D eigenvalue weighted by molar-refractivity contribution is 0.0958. The number of unbranched alkanes of at least 4 members (excludes halogenated alkanes) is 1. The van der Waals surface area contributed by atoms with Gasteiger partial charge in [-0.3, -0.25) is 19.0 Å². The molecule has 0 saturated heterocycles. The molecule has 0 aliphatic rings.